The van der Waals surface area contributed by atoms with Crippen molar-refractivity contribution in [3.05, 3.63) is 17.6 Å². The first-order valence-corrected chi connectivity index (χ1v) is 8.12. The normalized spacial score (nSPS) is 18.6. The van der Waals surface area contributed by atoms with Crippen molar-refractivity contribution < 1.29 is 22.7 Å². The summed E-state index contributed by atoms with van der Waals surface area (Å²) < 4.78 is 36.9. The van der Waals surface area contributed by atoms with Crippen molar-refractivity contribution in [3.8, 4) is 0 Å². The average Bonchev–Trinajstić information content (AvgIpc) is 2.82. The standard InChI is InChI=1S/C13H21NO5S/c1-10-13(7-12(8-15)19-10)20(16,17)14-5-3-11(4-6-14)9-18-2/h7,11,15H,3-6,8-9H2,1-2H3. The quantitative estimate of drug-likeness (QED) is 0.882. The molecule has 2 heterocycles. The Morgan fingerprint density at radius 2 is 2.10 bits per heavy atom. The van der Waals surface area contributed by atoms with Gasteiger partial charge in [0.1, 0.15) is 23.0 Å². The predicted octanol–water partition coefficient (Wildman–Crippen LogP) is 1.13. The third kappa shape index (κ3) is 3.06. The highest BCUT2D eigenvalue weighted by molar-refractivity contribution is 7.89. The molecule has 0 unspecified atom stereocenters. The minimum absolute atomic E-state index is 0.159. The van der Waals surface area contributed by atoms with Crippen LogP contribution >= 0.6 is 0 Å². The molecule has 20 heavy (non-hydrogen) atoms. The minimum atomic E-state index is -3.53. The van der Waals surface area contributed by atoms with Crippen molar-refractivity contribution in [1.29, 1.82) is 0 Å². The number of ether oxygens (including phenoxy) is 1. The molecule has 0 saturated carbocycles. The van der Waals surface area contributed by atoms with Gasteiger partial charge in [0.2, 0.25) is 10.0 Å². The maximum atomic E-state index is 12.6. The third-order valence-corrected chi connectivity index (χ3v) is 5.68. The van der Waals surface area contributed by atoms with E-state index >= 15 is 0 Å². The van der Waals surface area contributed by atoms with Crippen LogP contribution in [0.3, 0.4) is 0 Å². The van der Waals surface area contributed by atoms with Gasteiger partial charge in [0.15, 0.2) is 0 Å². The number of rotatable bonds is 5. The van der Waals surface area contributed by atoms with Gasteiger partial charge in [0.25, 0.3) is 0 Å². The monoisotopic (exact) mass is 303 g/mol. The fraction of sp³-hybridized carbons (Fsp3) is 0.692. The van der Waals surface area contributed by atoms with E-state index in [1.165, 1.54) is 10.4 Å². The van der Waals surface area contributed by atoms with Crippen molar-refractivity contribution >= 4 is 10.0 Å². The van der Waals surface area contributed by atoms with Crippen molar-refractivity contribution in [2.24, 2.45) is 5.92 Å². The lowest BCUT2D eigenvalue weighted by Gasteiger charge is -2.30. The van der Waals surface area contributed by atoms with Crippen LogP contribution in [0.15, 0.2) is 15.4 Å². The minimum Gasteiger partial charge on any atom is -0.462 e. The lowest BCUT2D eigenvalue weighted by atomic mass is 9.99. The molecule has 1 N–H and O–H groups in total. The topological polar surface area (TPSA) is 80.0 Å². The molecular formula is C13H21NO5S. The molecule has 2 rings (SSSR count). The molecule has 0 amide bonds. The Morgan fingerprint density at radius 1 is 1.45 bits per heavy atom. The number of aliphatic hydroxyl groups is 1. The number of piperidine rings is 1. The highest BCUT2D eigenvalue weighted by atomic mass is 32.2. The molecule has 1 aliphatic heterocycles. The van der Waals surface area contributed by atoms with Crippen LogP contribution in [0.5, 0.6) is 0 Å². The molecule has 1 aromatic heterocycles. The summed E-state index contributed by atoms with van der Waals surface area (Å²) in [6.45, 7) is 2.97. The van der Waals surface area contributed by atoms with E-state index in [9.17, 15) is 8.42 Å². The zero-order valence-corrected chi connectivity index (χ0v) is 12.6. The zero-order chi connectivity index (χ0) is 14.8. The SMILES string of the molecule is COCC1CCN(S(=O)(=O)c2cc(CO)oc2C)CC1. The van der Waals surface area contributed by atoms with Crippen LogP contribution in [0.2, 0.25) is 0 Å². The van der Waals surface area contributed by atoms with Crippen LogP contribution in [0, 0.1) is 12.8 Å². The predicted molar refractivity (Wildman–Crippen MR) is 72.7 cm³/mol. The van der Waals surface area contributed by atoms with Crippen LogP contribution in [0.1, 0.15) is 24.4 Å². The summed E-state index contributed by atoms with van der Waals surface area (Å²) in [6, 6.07) is 1.41. The maximum Gasteiger partial charge on any atom is 0.246 e. The second kappa shape index (κ2) is 6.26. The smallest absolute Gasteiger partial charge is 0.246 e. The summed E-state index contributed by atoms with van der Waals surface area (Å²) in [5.41, 5.74) is 0. The van der Waals surface area contributed by atoms with Gasteiger partial charge in [-0.2, -0.15) is 4.31 Å². The second-order valence-electron chi connectivity index (χ2n) is 5.09. The Bertz CT molecular complexity index is 543. The zero-order valence-electron chi connectivity index (χ0n) is 11.8. The molecule has 1 saturated heterocycles. The van der Waals surface area contributed by atoms with E-state index in [2.05, 4.69) is 0 Å². The third-order valence-electron chi connectivity index (χ3n) is 3.67. The molecule has 1 aromatic rings. The molecule has 7 heteroatoms. The number of furan rings is 1. The number of methoxy groups -OCH3 is 1. The van der Waals surface area contributed by atoms with Crippen LogP contribution in [0.25, 0.3) is 0 Å². The van der Waals surface area contributed by atoms with E-state index < -0.39 is 10.0 Å². The van der Waals surface area contributed by atoms with Gasteiger partial charge in [-0.1, -0.05) is 0 Å². The molecule has 0 radical (unpaired) electrons. The van der Waals surface area contributed by atoms with E-state index in [1.807, 2.05) is 0 Å². The first-order valence-electron chi connectivity index (χ1n) is 6.68. The molecule has 0 bridgehead atoms. The van der Waals surface area contributed by atoms with Crippen molar-refractivity contribution in [2.75, 3.05) is 26.8 Å². The van der Waals surface area contributed by atoms with E-state index in [1.54, 1.807) is 14.0 Å². The molecule has 1 fully saturated rings. The summed E-state index contributed by atoms with van der Waals surface area (Å²) >= 11 is 0. The Labute approximate surface area is 119 Å². The van der Waals surface area contributed by atoms with Gasteiger partial charge in [0.05, 0.1) is 0 Å². The fourth-order valence-electron chi connectivity index (χ4n) is 2.55. The number of aliphatic hydroxyl groups excluding tert-OH is 1. The lowest BCUT2D eigenvalue weighted by molar-refractivity contribution is 0.121. The van der Waals surface area contributed by atoms with E-state index in [0.29, 0.717) is 31.4 Å². The van der Waals surface area contributed by atoms with Gasteiger partial charge in [-0.25, -0.2) is 8.42 Å². The van der Waals surface area contributed by atoms with E-state index in [0.717, 1.165) is 12.8 Å². The second-order valence-corrected chi connectivity index (χ2v) is 7.00. The summed E-state index contributed by atoms with van der Waals surface area (Å²) in [5.74, 6) is 1.02. The molecule has 114 valence electrons. The number of aryl methyl sites for hydroxylation is 1. The molecule has 0 spiro atoms. The van der Waals surface area contributed by atoms with Gasteiger partial charge in [-0.05, 0) is 25.7 Å². The van der Waals surface area contributed by atoms with Gasteiger partial charge < -0.3 is 14.3 Å². The van der Waals surface area contributed by atoms with Crippen molar-refractivity contribution in [2.45, 2.75) is 31.3 Å². The van der Waals surface area contributed by atoms with Crippen LogP contribution in [-0.4, -0.2) is 44.6 Å². The maximum absolute atomic E-state index is 12.6. The number of hydrogen-bond acceptors (Lipinski definition) is 5. The van der Waals surface area contributed by atoms with Crippen molar-refractivity contribution in [1.82, 2.24) is 4.31 Å². The first-order chi connectivity index (χ1) is 9.48. The Morgan fingerprint density at radius 3 is 2.60 bits per heavy atom. The Kier molecular flexibility index (Phi) is 4.85. The highest BCUT2D eigenvalue weighted by Crippen LogP contribution is 2.27. The average molecular weight is 303 g/mol. The van der Waals surface area contributed by atoms with Gasteiger partial charge in [0, 0.05) is 32.9 Å². The Hall–Kier alpha value is -0.890. The van der Waals surface area contributed by atoms with E-state index in [4.69, 9.17) is 14.3 Å². The largest absolute Gasteiger partial charge is 0.462 e. The Balaban J connectivity index is 2.13. The molecular weight excluding hydrogens is 282 g/mol. The number of nitrogens with zero attached hydrogens (tertiary/aromatic N) is 1. The lowest BCUT2D eigenvalue weighted by Crippen LogP contribution is -2.39. The number of sulfonamides is 1. The van der Waals surface area contributed by atoms with Gasteiger partial charge in [-0.15, -0.1) is 0 Å². The highest BCUT2D eigenvalue weighted by Gasteiger charge is 2.32. The van der Waals surface area contributed by atoms with Gasteiger partial charge in [-0.3, -0.25) is 0 Å². The van der Waals surface area contributed by atoms with E-state index in [-0.39, 0.29) is 17.3 Å². The fourth-order valence-corrected chi connectivity index (χ4v) is 4.20. The molecule has 6 nitrogen and oxygen atoms in total. The summed E-state index contributed by atoms with van der Waals surface area (Å²) in [4.78, 5) is 0.159. The summed E-state index contributed by atoms with van der Waals surface area (Å²) in [7, 11) is -1.87. The summed E-state index contributed by atoms with van der Waals surface area (Å²) in [6.07, 6.45) is 1.60. The molecule has 1 aliphatic rings. The summed E-state index contributed by atoms with van der Waals surface area (Å²) in [5, 5.41) is 9.03. The van der Waals surface area contributed by atoms with Crippen LogP contribution < -0.4 is 0 Å². The molecule has 0 aliphatic carbocycles. The van der Waals surface area contributed by atoms with Crippen molar-refractivity contribution in [3.63, 3.8) is 0 Å². The van der Waals surface area contributed by atoms with Crippen LogP contribution in [-0.2, 0) is 21.4 Å². The molecule has 0 atom stereocenters. The molecule has 0 aromatic carbocycles. The van der Waals surface area contributed by atoms with Gasteiger partial charge >= 0.3 is 0 Å². The first kappa shape index (κ1) is 15.5. The van der Waals surface area contributed by atoms with Crippen LogP contribution in [0.4, 0.5) is 0 Å². The number of hydrogen-bond donors (Lipinski definition) is 1.